The number of allylic oxidation sites excluding steroid dienone is 1. The number of methoxy groups -OCH3 is 1. The Hall–Kier alpha value is -3.12. The van der Waals surface area contributed by atoms with Gasteiger partial charge >= 0.3 is 5.97 Å². The van der Waals surface area contributed by atoms with E-state index in [2.05, 4.69) is 0 Å². The lowest BCUT2D eigenvalue weighted by Gasteiger charge is -2.11. The molecule has 6 nitrogen and oxygen atoms in total. The number of ether oxygens (including phenoxy) is 3. The molecule has 0 spiro atoms. The summed E-state index contributed by atoms with van der Waals surface area (Å²) in [5, 5.41) is 1.85. The Labute approximate surface area is 150 Å². The normalized spacial score (nSPS) is 17.0. The molecule has 2 aliphatic heterocycles. The first-order valence-corrected chi connectivity index (χ1v) is 8.28. The second-order valence-corrected chi connectivity index (χ2v) is 6.08. The molecule has 1 unspecified atom stereocenters. The van der Waals surface area contributed by atoms with Gasteiger partial charge in [-0.3, -0.25) is 4.79 Å². The van der Waals surface area contributed by atoms with E-state index < -0.39 is 12.0 Å². The molecule has 0 radical (unpaired) electrons. The summed E-state index contributed by atoms with van der Waals surface area (Å²) in [5.41, 5.74) is 8.64. The first kappa shape index (κ1) is 16.4. The highest BCUT2D eigenvalue weighted by Crippen LogP contribution is 2.33. The summed E-state index contributed by atoms with van der Waals surface area (Å²) >= 11 is 0. The average Bonchev–Trinajstić information content (AvgIpc) is 3.25. The van der Waals surface area contributed by atoms with E-state index >= 15 is 0 Å². The molecular formula is C20H18N2O4. The van der Waals surface area contributed by atoms with Crippen LogP contribution in [0.2, 0.25) is 0 Å². The first-order chi connectivity index (χ1) is 12.7. The van der Waals surface area contributed by atoms with Gasteiger partial charge in [0.2, 0.25) is 6.79 Å². The largest absolute Gasteiger partial charge is 0.468 e. The van der Waals surface area contributed by atoms with E-state index in [4.69, 9.17) is 24.9 Å². The van der Waals surface area contributed by atoms with Gasteiger partial charge in [-0.2, -0.15) is 0 Å². The third-order valence-electron chi connectivity index (χ3n) is 4.41. The highest BCUT2D eigenvalue weighted by molar-refractivity contribution is 5.82. The van der Waals surface area contributed by atoms with E-state index in [0.717, 1.165) is 33.2 Å². The van der Waals surface area contributed by atoms with Gasteiger partial charge in [-0.25, -0.2) is 4.99 Å². The number of fused-ring (bicyclic) bond motifs is 2. The minimum atomic E-state index is -0.739. The van der Waals surface area contributed by atoms with Crippen LogP contribution in [0.3, 0.4) is 0 Å². The highest BCUT2D eigenvalue weighted by atomic mass is 16.7. The Morgan fingerprint density at radius 1 is 1.27 bits per heavy atom. The minimum Gasteiger partial charge on any atom is -0.468 e. The molecule has 0 saturated heterocycles. The molecule has 0 saturated carbocycles. The molecule has 2 heterocycles. The number of rotatable bonds is 4. The van der Waals surface area contributed by atoms with Gasteiger partial charge in [0.15, 0.2) is 11.5 Å². The summed E-state index contributed by atoms with van der Waals surface area (Å²) in [6, 6.07) is 12.8. The van der Waals surface area contributed by atoms with Crippen molar-refractivity contribution < 1.29 is 19.0 Å². The van der Waals surface area contributed by atoms with Crippen LogP contribution >= 0.6 is 0 Å². The predicted octanol–water partition coefficient (Wildman–Crippen LogP) is 1.13. The number of nitrogens with two attached hydrogens (primary N) is 1. The summed E-state index contributed by atoms with van der Waals surface area (Å²) in [6.07, 6.45) is 2.31. The van der Waals surface area contributed by atoms with Gasteiger partial charge in [0.1, 0.15) is 6.04 Å². The van der Waals surface area contributed by atoms with Crippen molar-refractivity contribution in [1.82, 2.24) is 0 Å². The van der Waals surface area contributed by atoms with Crippen molar-refractivity contribution in [1.29, 1.82) is 0 Å². The van der Waals surface area contributed by atoms with Crippen LogP contribution in [-0.2, 0) is 9.53 Å². The summed E-state index contributed by atoms with van der Waals surface area (Å²) in [4.78, 5) is 16.5. The van der Waals surface area contributed by atoms with E-state index in [1.165, 1.54) is 7.11 Å². The summed E-state index contributed by atoms with van der Waals surface area (Å²) in [7, 11) is 1.34. The summed E-state index contributed by atoms with van der Waals surface area (Å²) in [6.45, 7) is 0.233. The zero-order valence-corrected chi connectivity index (χ0v) is 14.3. The van der Waals surface area contributed by atoms with Crippen LogP contribution in [-0.4, -0.2) is 25.9 Å². The Morgan fingerprint density at radius 2 is 2.08 bits per heavy atom. The third kappa shape index (κ3) is 2.95. The van der Waals surface area contributed by atoms with Gasteiger partial charge in [0, 0.05) is 11.6 Å². The van der Waals surface area contributed by atoms with Gasteiger partial charge < -0.3 is 19.9 Å². The van der Waals surface area contributed by atoms with Crippen molar-refractivity contribution >= 4 is 17.6 Å². The highest BCUT2D eigenvalue weighted by Gasteiger charge is 2.21. The van der Waals surface area contributed by atoms with Crippen molar-refractivity contribution in [3.63, 3.8) is 0 Å². The predicted molar refractivity (Wildman–Crippen MR) is 95.8 cm³/mol. The third-order valence-corrected chi connectivity index (χ3v) is 4.41. The maximum absolute atomic E-state index is 11.8. The summed E-state index contributed by atoms with van der Waals surface area (Å²) in [5.74, 6) is 1.00. The number of carbonyl (C=O) groups excluding carboxylic acids is 1. The van der Waals surface area contributed by atoms with Crippen LogP contribution < -0.4 is 25.8 Å². The number of benzene rings is 2. The van der Waals surface area contributed by atoms with Crippen LogP contribution in [0.5, 0.6) is 11.5 Å². The van der Waals surface area contributed by atoms with Gasteiger partial charge in [-0.1, -0.05) is 24.3 Å². The summed E-state index contributed by atoms with van der Waals surface area (Å²) < 4.78 is 15.5. The van der Waals surface area contributed by atoms with Gasteiger partial charge in [0.25, 0.3) is 0 Å². The molecule has 132 valence electrons. The second-order valence-electron chi connectivity index (χ2n) is 6.08. The van der Waals surface area contributed by atoms with Crippen molar-refractivity contribution in [2.75, 3.05) is 13.9 Å². The van der Waals surface area contributed by atoms with Crippen LogP contribution in [0, 0.1) is 0 Å². The van der Waals surface area contributed by atoms with Crippen LogP contribution in [0.4, 0.5) is 0 Å². The second kappa shape index (κ2) is 6.65. The number of hydrogen-bond donors (Lipinski definition) is 1. The topological polar surface area (TPSA) is 83.1 Å². The van der Waals surface area contributed by atoms with Gasteiger partial charge in [0.05, 0.1) is 18.2 Å². The fourth-order valence-corrected chi connectivity index (χ4v) is 3.11. The molecule has 1 atom stereocenters. The SMILES string of the molecule is COC(=O)C(N)CC1=c2ccccc2=NC1=Cc1ccc2c(c1)OCO2. The fourth-order valence-electron chi connectivity index (χ4n) is 3.11. The number of hydrogen-bond acceptors (Lipinski definition) is 6. The Bertz CT molecular complexity index is 1030. The Kier molecular flexibility index (Phi) is 4.18. The van der Waals surface area contributed by atoms with Crippen LogP contribution in [0.1, 0.15) is 12.0 Å². The van der Waals surface area contributed by atoms with E-state index in [-0.39, 0.29) is 6.79 Å². The number of carbonyl (C=O) groups is 1. The lowest BCUT2D eigenvalue weighted by Crippen LogP contribution is -2.33. The lowest BCUT2D eigenvalue weighted by atomic mass is 10.0. The standard InChI is InChI=1S/C20H18N2O4/c1-24-20(23)15(21)10-14-13-4-2-3-5-16(13)22-17(14)8-12-6-7-18-19(9-12)26-11-25-18/h2-9,15H,10-11,21H2,1H3. The molecule has 0 aromatic heterocycles. The van der Waals surface area contributed by atoms with Crippen LogP contribution in [0.15, 0.2) is 53.2 Å². The lowest BCUT2D eigenvalue weighted by molar-refractivity contribution is -0.142. The van der Waals surface area contributed by atoms with Crippen molar-refractivity contribution in [3.05, 3.63) is 64.3 Å². The quantitative estimate of drug-likeness (QED) is 0.836. The number of esters is 1. The zero-order valence-electron chi connectivity index (χ0n) is 14.3. The fraction of sp³-hybridized carbons (Fsp3) is 0.200. The average molecular weight is 350 g/mol. The molecule has 0 aliphatic carbocycles. The molecule has 0 bridgehead atoms. The zero-order chi connectivity index (χ0) is 18.1. The molecule has 6 heteroatoms. The number of para-hydroxylation sites is 1. The molecular weight excluding hydrogens is 332 g/mol. The molecule has 26 heavy (non-hydrogen) atoms. The molecule has 2 aliphatic rings. The molecule has 0 amide bonds. The van der Waals surface area contributed by atoms with Crippen LogP contribution in [0.25, 0.3) is 11.6 Å². The van der Waals surface area contributed by atoms with E-state index in [1.54, 1.807) is 0 Å². The monoisotopic (exact) mass is 350 g/mol. The van der Waals surface area contributed by atoms with E-state index in [9.17, 15) is 4.79 Å². The Balaban J connectivity index is 1.75. The molecule has 4 rings (SSSR count). The van der Waals surface area contributed by atoms with E-state index in [0.29, 0.717) is 12.2 Å². The molecule has 2 aromatic carbocycles. The maximum atomic E-state index is 11.8. The molecule has 0 fully saturated rings. The van der Waals surface area contributed by atoms with Gasteiger partial charge in [-0.15, -0.1) is 0 Å². The minimum absolute atomic E-state index is 0.233. The van der Waals surface area contributed by atoms with Crippen molar-refractivity contribution in [2.45, 2.75) is 12.5 Å². The number of nitrogens with zero attached hydrogens (tertiary/aromatic N) is 1. The molecule has 2 N–H and O–H groups in total. The Morgan fingerprint density at radius 3 is 2.92 bits per heavy atom. The molecule has 2 aromatic rings. The van der Waals surface area contributed by atoms with Gasteiger partial charge in [-0.05, 0) is 35.4 Å². The first-order valence-electron chi connectivity index (χ1n) is 8.28. The maximum Gasteiger partial charge on any atom is 0.322 e. The van der Waals surface area contributed by atoms with Crippen molar-refractivity contribution in [3.8, 4) is 11.5 Å². The van der Waals surface area contributed by atoms with Crippen molar-refractivity contribution in [2.24, 2.45) is 10.7 Å². The van der Waals surface area contributed by atoms with E-state index in [1.807, 2.05) is 48.5 Å². The smallest absolute Gasteiger partial charge is 0.322 e.